The Morgan fingerprint density at radius 3 is 2.46 bits per heavy atom. The summed E-state index contributed by atoms with van der Waals surface area (Å²) < 4.78 is 0. The third kappa shape index (κ3) is 3.22. The Labute approximate surface area is 82.0 Å². The van der Waals surface area contributed by atoms with Gasteiger partial charge < -0.3 is 0 Å². The van der Waals surface area contributed by atoms with Crippen LogP contribution in [0, 0.1) is 6.42 Å². The number of rotatable bonds is 5. The van der Waals surface area contributed by atoms with E-state index in [4.69, 9.17) is 0 Å². The van der Waals surface area contributed by atoms with Crippen molar-refractivity contribution < 1.29 is 0 Å². The zero-order chi connectivity index (χ0) is 9.52. The minimum absolute atomic E-state index is 0.654. The first kappa shape index (κ1) is 10.3. The molecule has 71 valence electrons. The third-order valence-electron chi connectivity index (χ3n) is 2.50. The van der Waals surface area contributed by atoms with E-state index in [-0.39, 0.29) is 0 Å². The average molecular weight is 175 g/mol. The summed E-state index contributed by atoms with van der Waals surface area (Å²) in [7, 11) is 0. The number of hydrogen-bond donors (Lipinski definition) is 0. The van der Waals surface area contributed by atoms with E-state index in [2.05, 4.69) is 50.6 Å². The molecule has 1 atom stereocenters. The average Bonchev–Trinajstić information content (AvgIpc) is 2.21. The molecular weight excluding hydrogens is 156 g/mol. The molecule has 0 bridgehead atoms. The molecule has 1 radical (unpaired) electrons. The Morgan fingerprint density at radius 1 is 1.23 bits per heavy atom. The van der Waals surface area contributed by atoms with E-state index < -0.39 is 0 Å². The van der Waals surface area contributed by atoms with E-state index in [0.717, 1.165) is 0 Å². The molecule has 0 fully saturated rings. The summed E-state index contributed by atoms with van der Waals surface area (Å²) in [5.74, 6) is 0.654. The van der Waals surface area contributed by atoms with Gasteiger partial charge in [-0.3, -0.25) is 0 Å². The van der Waals surface area contributed by atoms with Crippen LogP contribution < -0.4 is 0 Å². The molecule has 0 aliphatic rings. The predicted octanol–water partition coefficient (Wildman–Crippen LogP) is 4.18. The van der Waals surface area contributed by atoms with Crippen LogP contribution in [-0.4, -0.2) is 0 Å². The van der Waals surface area contributed by atoms with Gasteiger partial charge in [-0.15, -0.1) is 0 Å². The van der Waals surface area contributed by atoms with E-state index in [1.54, 1.807) is 0 Å². The van der Waals surface area contributed by atoms with Gasteiger partial charge in [0.2, 0.25) is 0 Å². The van der Waals surface area contributed by atoms with Crippen LogP contribution in [0.2, 0.25) is 0 Å². The second-order valence-corrected chi connectivity index (χ2v) is 3.49. The van der Waals surface area contributed by atoms with E-state index >= 15 is 0 Å². The van der Waals surface area contributed by atoms with Crippen molar-refractivity contribution >= 4 is 0 Å². The molecule has 1 aromatic carbocycles. The van der Waals surface area contributed by atoms with Crippen LogP contribution in [0.5, 0.6) is 0 Å². The maximum absolute atomic E-state index is 2.31. The molecule has 1 aromatic rings. The third-order valence-corrected chi connectivity index (χ3v) is 2.50. The molecule has 0 spiro atoms. The van der Waals surface area contributed by atoms with Crippen molar-refractivity contribution in [3.05, 3.63) is 42.3 Å². The molecule has 1 unspecified atom stereocenters. The minimum atomic E-state index is 0.654. The lowest BCUT2D eigenvalue weighted by molar-refractivity contribution is 0.638. The number of unbranched alkanes of at least 4 members (excludes halogenated alkanes) is 1. The fourth-order valence-corrected chi connectivity index (χ4v) is 1.65. The smallest absolute Gasteiger partial charge is 0.0133 e. The largest absolute Gasteiger partial charge is 0.0654 e. The molecule has 0 aliphatic carbocycles. The first-order chi connectivity index (χ1) is 6.38. The van der Waals surface area contributed by atoms with Gasteiger partial charge in [-0.1, -0.05) is 57.0 Å². The Bertz CT molecular complexity index is 213. The summed E-state index contributed by atoms with van der Waals surface area (Å²) in [5, 5.41) is 0. The van der Waals surface area contributed by atoms with Crippen molar-refractivity contribution in [1.29, 1.82) is 0 Å². The first-order valence-corrected chi connectivity index (χ1v) is 5.23. The lowest BCUT2D eigenvalue weighted by atomic mass is 9.91. The van der Waals surface area contributed by atoms with Crippen LogP contribution in [0.15, 0.2) is 30.3 Å². The maximum Gasteiger partial charge on any atom is -0.0133 e. The molecule has 0 aliphatic heterocycles. The van der Waals surface area contributed by atoms with Crippen LogP contribution in [0.25, 0.3) is 0 Å². The molecule has 0 aromatic heterocycles. The Hall–Kier alpha value is -0.780. The number of hydrogen-bond acceptors (Lipinski definition) is 0. The fourth-order valence-electron chi connectivity index (χ4n) is 1.65. The van der Waals surface area contributed by atoms with Crippen LogP contribution in [-0.2, 0) is 0 Å². The molecule has 0 saturated carbocycles. The maximum atomic E-state index is 2.31. The molecule has 0 N–H and O–H groups in total. The highest BCUT2D eigenvalue weighted by molar-refractivity contribution is 5.21. The zero-order valence-electron chi connectivity index (χ0n) is 8.66. The first-order valence-electron chi connectivity index (χ1n) is 5.23. The van der Waals surface area contributed by atoms with Gasteiger partial charge in [-0.2, -0.15) is 0 Å². The van der Waals surface area contributed by atoms with Gasteiger partial charge in [-0.25, -0.2) is 0 Å². The van der Waals surface area contributed by atoms with Gasteiger partial charge in [0.1, 0.15) is 0 Å². The van der Waals surface area contributed by atoms with E-state index in [1.807, 2.05) is 0 Å². The van der Waals surface area contributed by atoms with E-state index in [9.17, 15) is 0 Å². The van der Waals surface area contributed by atoms with Crippen LogP contribution in [0.4, 0.5) is 0 Å². The zero-order valence-corrected chi connectivity index (χ0v) is 8.66. The minimum Gasteiger partial charge on any atom is -0.0654 e. The summed E-state index contributed by atoms with van der Waals surface area (Å²) in [6.45, 7) is 4.41. The van der Waals surface area contributed by atoms with Crippen molar-refractivity contribution in [1.82, 2.24) is 0 Å². The number of benzene rings is 1. The van der Waals surface area contributed by atoms with Gasteiger partial charge in [0.05, 0.1) is 0 Å². The summed E-state index contributed by atoms with van der Waals surface area (Å²) in [6.07, 6.45) is 6.21. The van der Waals surface area contributed by atoms with E-state index in [0.29, 0.717) is 5.92 Å². The van der Waals surface area contributed by atoms with Gasteiger partial charge in [-0.05, 0) is 24.3 Å². The van der Waals surface area contributed by atoms with Crippen LogP contribution >= 0.6 is 0 Å². The highest BCUT2D eigenvalue weighted by Crippen LogP contribution is 2.23. The van der Waals surface area contributed by atoms with E-state index in [1.165, 1.54) is 24.8 Å². The normalized spacial score (nSPS) is 12.8. The Balaban J connectivity index is 2.56. The van der Waals surface area contributed by atoms with Crippen molar-refractivity contribution in [2.75, 3.05) is 0 Å². The fraction of sp³-hybridized carbons (Fsp3) is 0.462. The SMILES string of the molecule is C[CH]C(CCCC)c1ccccc1. The Morgan fingerprint density at radius 2 is 1.92 bits per heavy atom. The van der Waals surface area contributed by atoms with Gasteiger partial charge in [0.15, 0.2) is 0 Å². The Kier molecular flexibility index (Phi) is 4.59. The van der Waals surface area contributed by atoms with Crippen molar-refractivity contribution in [2.24, 2.45) is 0 Å². The van der Waals surface area contributed by atoms with Crippen LogP contribution in [0.1, 0.15) is 44.6 Å². The molecule has 0 nitrogen and oxygen atoms in total. The second-order valence-electron chi connectivity index (χ2n) is 3.49. The highest BCUT2D eigenvalue weighted by atomic mass is 14.1. The standard InChI is InChI=1S/C13H19/c1-3-5-9-12(4-2)13-10-7-6-8-11-13/h4,6-8,10-12H,3,5,9H2,1-2H3. The lowest BCUT2D eigenvalue weighted by Gasteiger charge is -2.13. The molecule has 0 saturated heterocycles. The summed E-state index contributed by atoms with van der Waals surface area (Å²) in [6, 6.07) is 10.8. The molecule has 0 amide bonds. The van der Waals surface area contributed by atoms with Crippen molar-refractivity contribution in [3.63, 3.8) is 0 Å². The predicted molar refractivity (Wildman–Crippen MR) is 58.7 cm³/mol. The summed E-state index contributed by atoms with van der Waals surface area (Å²) in [4.78, 5) is 0. The quantitative estimate of drug-likeness (QED) is 0.629. The summed E-state index contributed by atoms with van der Waals surface area (Å²) >= 11 is 0. The van der Waals surface area contributed by atoms with Gasteiger partial charge >= 0.3 is 0 Å². The van der Waals surface area contributed by atoms with Crippen molar-refractivity contribution in [3.8, 4) is 0 Å². The molecule has 0 heterocycles. The summed E-state index contributed by atoms with van der Waals surface area (Å²) in [5.41, 5.74) is 1.46. The van der Waals surface area contributed by atoms with Crippen molar-refractivity contribution in [2.45, 2.75) is 39.0 Å². The van der Waals surface area contributed by atoms with Gasteiger partial charge in [0.25, 0.3) is 0 Å². The van der Waals surface area contributed by atoms with Crippen LogP contribution in [0.3, 0.4) is 0 Å². The molecular formula is C13H19. The molecule has 0 heteroatoms. The molecule has 13 heavy (non-hydrogen) atoms. The molecule has 1 rings (SSSR count). The second kappa shape index (κ2) is 5.80. The lowest BCUT2D eigenvalue weighted by Crippen LogP contribution is -1.97. The topological polar surface area (TPSA) is 0 Å². The monoisotopic (exact) mass is 175 g/mol. The highest BCUT2D eigenvalue weighted by Gasteiger charge is 2.07. The van der Waals surface area contributed by atoms with Gasteiger partial charge in [0, 0.05) is 0 Å².